The van der Waals surface area contributed by atoms with Gasteiger partial charge in [0.25, 0.3) is 18.2 Å². The van der Waals surface area contributed by atoms with Gasteiger partial charge in [0.15, 0.2) is 0 Å². The topological polar surface area (TPSA) is 91.5 Å². The molecule has 5 rings (SSSR count). The van der Waals surface area contributed by atoms with Gasteiger partial charge in [0.2, 0.25) is 0 Å². The van der Waals surface area contributed by atoms with E-state index in [1.165, 1.54) is 12.1 Å². The van der Waals surface area contributed by atoms with E-state index in [9.17, 15) is 23.6 Å². The first-order chi connectivity index (χ1) is 17.4. The number of alkyl halides is 2. The van der Waals surface area contributed by atoms with Gasteiger partial charge in [0.1, 0.15) is 11.4 Å². The number of hydrogen-bond acceptors (Lipinski definition) is 5. The zero-order valence-corrected chi connectivity index (χ0v) is 19.6. The highest BCUT2D eigenvalue weighted by molar-refractivity contribution is 5.97. The first-order valence-corrected chi connectivity index (χ1v) is 11.5. The maximum Gasteiger partial charge on any atom is 0.272 e. The summed E-state index contributed by atoms with van der Waals surface area (Å²) >= 11 is 0. The van der Waals surface area contributed by atoms with E-state index in [0.29, 0.717) is 43.9 Å². The predicted octanol–water partition coefficient (Wildman–Crippen LogP) is 3.56. The third kappa shape index (κ3) is 4.17. The second-order valence-corrected chi connectivity index (χ2v) is 8.76. The van der Waals surface area contributed by atoms with Gasteiger partial charge >= 0.3 is 0 Å². The van der Waals surface area contributed by atoms with E-state index < -0.39 is 12.0 Å². The van der Waals surface area contributed by atoms with E-state index in [1.54, 1.807) is 27.7 Å². The van der Waals surface area contributed by atoms with E-state index in [1.807, 2.05) is 24.3 Å². The Morgan fingerprint density at radius 3 is 2.64 bits per heavy atom. The minimum Gasteiger partial charge on any atom is -0.497 e. The van der Waals surface area contributed by atoms with E-state index in [4.69, 9.17) is 4.74 Å². The number of carbonyl (C=O) groups excluding carboxylic acids is 2. The summed E-state index contributed by atoms with van der Waals surface area (Å²) in [6.45, 7) is 2.08. The van der Waals surface area contributed by atoms with Crippen molar-refractivity contribution in [3.63, 3.8) is 0 Å². The molecule has 2 aromatic carbocycles. The van der Waals surface area contributed by atoms with Crippen molar-refractivity contribution in [2.45, 2.75) is 32.5 Å². The van der Waals surface area contributed by atoms with Crippen LogP contribution in [0.4, 0.5) is 8.78 Å². The highest BCUT2D eigenvalue weighted by Crippen LogP contribution is 2.29. The van der Waals surface area contributed by atoms with Crippen molar-refractivity contribution in [2.24, 2.45) is 0 Å². The number of methoxy groups -OCH3 is 1. The third-order valence-electron chi connectivity index (χ3n) is 6.65. The third-order valence-corrected chi connectivity index (χ3v) is 6.65. The maximum absolute atomic E-state index is 13.4. The molecule has 2 amide bonds. The number of amides is 2. The van der Waals surface area contributed by atoms with E-state index >= 15 is 0 Å². The Bertz CT molecular complexity index is 1380. The molecule has 0 aliphatic carbocycles. The lowest BCUT2D eigenvalue weighted by molar-refractivity contribution is 0.0670. The molecular formula is C26H23F2N5O3. The molecule has 2 aliphatic rings. The first kappa shape index (κ1) is 23.5. The largest absolute Gasteiger partial charge is 0.497 e. The van der Waals surface area contributed by atoms with Gasteiger partial charge in [-0.05, 0) is 29.8 Å². The fourth-order valence-corrected chi connectivity index (χ4v) is 4.73. The van der Waals surface area contributed by atoms with Gasteiger partial charge < -0.3 is 14.5 Å². The Morgan fingerprint density at radius 2 is 1.94 bits per heavy atom. The molecule has 2 aliphatic heterocycles. The molecule has 10 heteroatoms. The monoisotopic (exact) mass is 491 g/mol. The van der Waals surface area contributed by atoms with Crippen molar-refractivity contribution in [2.75, 3.05) is 20.2 Å². The van der Waals surface area contributed by atoms with Crippen molar-refractivity contribution < 1.29 is 23.1 Å². The van der Waals surface area contributed by atoms with Crippen molar-refractivity contribution >= 4 is 11.8 Å². The second kappa shape index (κ2) is 9.41. The molecule has 0 unspecified atom stereocenters. The number of benzene rings is 2. The van der Waals surface area contributed by atoms with Crippen LogP contribution in [0.1, 0.15) is 55.2 Å². The molecule has 3 heterocycles. The molecule has 36 heavy (non-hydrogen) atoms. The zero-order chi connectivity index (χ0) is 25.4. The quantitative estimate of drug-likeness (QED) is 0.544. The summed E-state index contributed by atoms with van der Waals surface area (Å²) in [4.78, 5) is 30.0. The first-order valence-electron chi connectivity index (χ1n) is 11.5. The van der Waals surface area contributed by atoms with Crippen molar-refractivity contribution in [1.29, 1.82) is 5.26 Å². The average Bonchev–Trinajstić information content (AvgIpc) is 3.28. The number of halogens is 2. The number of hydrogen-bond donors (Lipinski definition) is 0. The van der Waals surface area contributed by atoms with Crippen molar-refractivity contribution in [1.82, 2.24) is 19.6 Å². The lowest BCUT2D eigenvalue weighted by atomic mass is 10.0. The van der Waals surface area contributed by atoms with Crippen LogP contribution in [0.3, 0.4) is 0 Å². The fourth-order valence-electron chi connectivity index (χ4n) is 4.73. The van der Waals surface area contributed by atoms with Crippen LogP contribution in [0, 0.1) is 11.3 Å². The predicted molar refractivity (Wildman–Crippen MR) is 125 cm³/mol. The summed E-state index contributed by atoms with van der Waals surface area (Å²) in [6.07, 6.45) is -2.32. The molecule has 0 N–H and O–H groups in total. The Hall–Kier alpha value is -4.26. The van der Waals surface area contributed by atoms with Crippen LogP contribution < -0.4 is 4.74 Å². The number of nitrogens with zero attached hydrogens (tertiary/aromatic N) is 5. The molecule has 0 saturated carbocycles. The van der Waals surface area contributed by atoms with Gasteiger partial charge in [-0.25, -0.2) is 8.78 Å². The lowest BCUT2D eigenvalue weighted by Crippen LogP contribution is -2.41. The van der Waals surface area contributed by atoms with Gasteiger partial charge in [-0.15, -0.1) is 0 Å². The van der Waals surface area contributed by atoms with Crippen LogP contribution in [-0.2, 0) is 26.1 Å². The number of aromatic nitrogens is 2. The molecular weight excluding hydrogens is 468 g/mol. The number of carbonyl (C=O) groups is 2. The van der Waals surface area contributed by atoms with E-state index in [-0.39, 0.29) is 29.5 Å². The number of nitriles is 1. The Morgan fingerprint density at radius 1 is 1.17 bits per heavy atom. The molecule has 0 spiro atoms. The van der Waals surface area contributed by atoms with Crippen molar-refractivity contribution in [3.8, 4) is 11.8 Å². The zero-order valence-electron chi connectivity index (χ0n) is 19.6. The highest BCUT2D eigenvalue weighted by Gasteiger charge is 2.35. The molecule has 0 atom stereocenters. The summed E-state index contributed by atoms with van der Waals surface area (Å²) in [7, 11) is 1.60. The number of ether oxygens (including phenoxy) is 1. The van der Waals surface area contributed by atoms with Crippen LogP contribution >= 0.6 is 0 Å². The number of rotatable bonds is 5. The van der Waals surface area contributed by atoms with Gasteiger partial charge in [-0.2, -0.15) is 10.4 Å². The molecule has 0 fully saturated rings. The van der Waals surface area contributed by atoms with Crippen LogP contribution in [0.15, 0.2) is 42.5 Å². The summed E-state index contributed by atoms with van der Waals surface area (Å²) in [5.74, 6) is 0.218. The summed E-state index contributed by atoms with van der Waals surface area (Å²) in [6, 6.07) is 12.9. The standard InChI is InChI=1S/C26H23F2N5O3/c1-36-19-5-2-16(3-6-19)14-32-10-11-33-23(26(32)35)21-15-31(9-8-22(21)30-33)25(34)17-4-7-20(24(27)28)18(12-17)13-29/h2-7,12,24H,8-11,14-15H2,1H3. The van der Waals surface area contributed by atoms with Gasteiger partial charge in [0, 0.05) is 42.7 Å². The Kier molecular flexibility index (Phi) is 6.14. The summed E-state index contributed by atoms with van der Waals surface area (Å²) < 4.78 is 33.2. The average molecular weight is 491 g/mol. The molecule has 3 aromatic rings. The second-order valence-electron chi connectivity index (χ2n) is 8.76. The molecule has 1 aromatic heterocycles. The van der Waals surface area contributed by atoms with E-state index in [0.717, 1.165) is 23.1 Å². The lowest BCUT2D eigenvalue weighted by Gasteiger charge is -2.30. The number of fused-ring (bicyclic) bond motifs is 3. The van der Waals surface area contributed by atoms with Gasteiger partial charge in [0.05, 0.1) is 37.5 Å². The molecule has 184 valence electrons. The highest BCUT2D eigenvalue weighted by atomic mass is 19.3. The summed E-state index contributed by atoms with van der Waals surface area (Å²) in [5, 5.41) is 13.9. The smallest absolute Gasteiger partial charge is 0.272 e. The Balaban J connectivity index is 1.37. The summed E-state index contributed by atoms with van der Waals surface area (Å²) in [5.41, 5.74) is 2.50. The minimum absolute atomic E-state index is 0.145. The van der Waals surface area contributed by atoms with Gasteiger partial charge in [-0.1, -0.05) is 18.2 Å². The minimum atomic E-state index is -2.80. The van der Waals surface area contributed by atoms with Crippen LogP contribution in [0.5, 0.6) is 5.75 Å². The van der Waals surface area contributed by atoms with Gasteiger partial charge in [-0.3, -0.25) is 14.3 Å². The van der Waals surface area contributed by atoms with E-state index in [2.05, 4.69) is 5.10 Å². The van der Waals surface area contributed by atoms with Crippen molar-refractivity contribution in [3.05, 3.63) is 81.7 Å². The Labute approximate surface area is 206 Å². The normalized spacial score (nSPS) is 14.9. The molecule has 0 radical (unpaired) electrons. The fraction of sp³-hybridized carbons (Fsp3) is 0.308. The molecule has 0 bridgehead atoms. The maximum atomic E-state index is 13.4. The van der Waals surface area contributed by atoms with Crippen LogP contribution in [-0.4, -0.2) is 51.6 Å². The SMILES string of the molecule is COc1ccc(CN2CCn3nc4c(c3C2=O)CN(C(=O)c2ccc(C(F)F)c(C#N)c2)CC4)cc1. The molecule has 0 saturated heterocycles. The molecule has 8 nitrogen and oxygen atoms in total. The van der Waals surface area contributed by atoms with Crippen LogP contribution in [0.2, 0.25) is 0 Å². The van der Waals surface area contributed by atoms with Crippen LogP contribution in [0.25, 0.3) is 0 Å².